The van der Waals surface area contributed by atoms with Crippen molar-refractivity contribution in [2.45, 2.75) is 45.3 Å². The second kappa shape index (κ2) is 7.39. The quantitative estimate of drug-likeness (QED) is 0.482. The molecule has 1 saturated heterocycles. The summed E-state index contributed by atoms with van der Waals surface area (Å²) in [4.78, 5) is 25.5. The maximum absolute atomic E-state index is 12.7. The third-order valence-corrected chi connectivity index (χ3v) is 5.04. The zero-order valence-corrected chi connectivity index (χ0v) is 15.3. The van der Waals surface area contributed by atoms with Crippen LogP contribution in [0.5, 0.6) is 0 Å². The molecule has 2 aliphatic heterocycles. The largest absolute Gasteiger partial charge is 0.394 e. The highest BCUT2D eigenvalue weighted by molar-refractivity contribution is 5.73. The molecule has 0 aliphatic carbocycles. The summed E-state index contributed by atoms with van der Waals surface area (Å²) in [6.45, 7) is 7.71. The lowest BCUT2D eigenvalue weighted by Gasteiger charge is -2.28. The molecule has 3 heterocycles. The van der Waals surface area contributed by atoms with Gasteiger partial charge in [0, 0.05) is 19.6 Å². The highest BCUT2D eigenvalue weighted by Crippen LogP contribution is 2.37. The summed E-state index contributed by atoms with van der Waals surface area (Å²) < 4.78 is 5.65. The minimum Gasteiger partial charge on any atom is -0.394 e. The van der Waals surface area contributed by atoms with E-state index in [0.717, 1.165) is 0 Å². The van der Waals surface area contributed by atoms with Crippen LogP contribution in [0.1, 0.15) is 20.8 Å². The number of rotatable bonds is 6. The monoisotopic (exact) mass is 369 g/mol. The Kier molecular flexibility index (Phi) is 5.37. The van der Waals surface area contributed by atoms with Crippen LogP contribution in [0.15, 0.2) is 4.79 Å². The van der Waals surface area contributed by atoms with Gasteiger partial charge in [0.2, 0.25) is 5.95 Å². The van der Waals surface area contributed by atoms with E-state index in [1.54, 1.807) is 4.90 Å². The molecule has 0 bridgehead atoms. The van der Waals surface area contributed by atoms with E-state index < -0.39 is 31.1 Å². The van der Waals surface area contributed by atoms with Gasteiger partial charge in [-0.25, -0.2) is 0 Å². The van der Waals surface area contributed by atoms with E-state index in [9.17, 15) is 20.1 Å². The fourth-order valence-electron chi connectivity index (χ4n) is 3.52. The molecule has 1 aromatic rings. The van der Waals surface area contributed by atoms with E-state index in [0.29, 0.717) is 43.8 Å². The predicted octanol–water partition coefficient (Wildman–Crippen LogP) is -1.34. The van der Waals surface area contributed by atoms with Crippen LogP contribution in [-0.2, 0) is 4.74 Å². The normalized spacial score (nSPS) is 27.9. The van der Waals surface area contributed by atoms with Gasteiger partial charge in [-0.1, -0.05) is 0 Å². The molecule has 1 fully saturated rings. The molecule has 0 amide bonds. The van der Waals surface area contributed by atoms with Gasteiger partial charge in [0.25, 0.3) is 5.56 Å². The zero-order valence-electron chi connectivity index (χ0n) is 15.3. The summed E-state index contributed by atoms with van der Waals surface area (Å²) in [5.74, 6) is 0.862. The number of anilines is 3. The smallest absolute Gasteiger partial charge is 0.278 e. The van der Waals surface area contributed by atoms with E-state index in [1.165, 1.54) is 0 Å². The molecule has 4 N–H and O–H groups in total. The molecule has 0 radical (unpaired) electrons. The van der Waals surface area contributed by atoms with Crippen LogP contribution in [0.4, 0.5) is 17.5 Å². The van der Waals surface area contributed by atoms with Crippen molar-refractivity contribution in [3.63, 3.8) is 0 Å². The van der Waals surface area contributed by atoms with E-state index in [2.05, 4.69) is 9.97 Å². The van der Waals surface area contributed by atoms with Gasteiger partial charge < -0.3 is 34.8 Å². The van der Waals surface area contributed by atoms with Gasteiger partial charge in [0.05, 0.1) is 13.3 Å². The van der Waals surface area contributed by atoms with Crippen molar-refractivity contribution < 1.29 is 20.1 Å². The number of aromatic amines is 1. The lowest BCUT2D eigenvalue weighted by molar-refractivity contribution is -0.0222. The van der Waals surface area contributed by atoms with Crippen LogP contribution in [0.2, 0.25) is 0 Å². The number of hydrogen-bond acceptors (Lipinski definition) is 9. The molecule has 3 rings (SSSR count). The van der Waals surface area contributed by atoms with Gasteiger partial charge in [-0.05, 0) is 20.8 Å². The second-order valence-electron chi connectivity index (χ2n) is 6.43. The molecule has 0 aromatic carbocycles. The van der Waals surface area contributed by atoms with Gasteiger partial charge in [-0.2, -0.15) is 4.98 Å². The van der Waals surface area contributed by atoms with Crippen molar-refractivity contribution in [1.29, 1.82) is 0 Å². The highest BCUT2D eigenvalue weighted by atomic mass is 16.6. The predicted molar refractivity (Wildman–Crippen MR) is 96.5 cm³/mol. The number of H-pyrrole nitrogens is 1. The minimum absolute atomic E-state index is 0.256. The Morgan fingerprint density at radius 3 is 2.50 bits per heavy atom. The lowest BCUT2D eigenvalue weighted by atomic mass is 10.1. The van der Waals surface area contributed by atoms with Crippen molar-refractivity contribution in [3.05, 3.63) is 10.4 Å². The first-order valence-corrected chi connectivity index (χ1v) is 9.00. The number of aliphatic hydroxyl groups is 3. The first kappa shape index (κ1) is 18.9. The maximum Gasteiger partial charge on any atom is 0.278 e. The third-order valence-electron chi connectivity index (χ3n) is 5.04. The average molecular weight is 369 g/mol. The zero-order chi connectivity index (χ0) is 19.0. The Morgan fingerprint density at radius 2 is 1.96 bits per heavy atom. The summed E-state index contributed by atoms with van der Waals surface area (Å²) in [5.41, 5.74) is 0.161. The van der Waals surface area contributed by atoms with Gasteiger partial charge in [0.1, 0.15) is 24.0 Å². The fourth-order valence-corrected chi connectivity index (χ4v) is 3.52. The van der Waals surface area contributed by atoms with Crippen molar-refractivity contribution in [2.75, 3.05) is 47.6 Å². The van der Waals surface area contributed by atoms with E-state index in [4.69, 9.17) is 4.74 Å². The van der Waals surface area contributed by atoms with Crippen LogP contribution >= 0.6 is 0 Å². The number of nitrogens with one attached hydrogen (secondary N) is 1. The van der Waals surface area contributed by atoms with Gasteiger partial charge >= 0.3 is 0 Å². The molecule has 26 heavy (non-hydrogen) atoms. The van der Waals surface area contributed by atoms with E-state index in [-0.39, 0.29) is 5.56 Å². The summed E-state index contributed by atoms with van der Waals surface area (Å²) in [6, 6.07) is 0. The summed E-state index contributed by atoms with van der Waals surface area (Å²) in [7, 11) is 0. The standard InChI is InChI=1S/C16H27N5O5/c1-4-19(5-2)16-17-13-10(14(25)18-16)20(6-3)8-21(13)15-12(24)11(23)9(7-22)26-15/h9,11-12,15,22-24H,4-8H2,1-3H3,(H,17,18,25)/t9-,11-,12-,15-/m1/s1. The number of hydrogen-bond donors (Lipinski definition) is 4. The van der Waals surface area contributed by atoms with Gasteiger partial charge in [-0.15, -0.1) is 0 Å². The van der Waals surface area contributed by atoms with Gasteiger partial charge in [-0.3, -0.25) is 9.78 Å². The Morgan fingerprint density at radius 1 is 1.27 bits per heavy atom. The number of ether oxygens (including phenoxy) is 1. The third kappa shape index (κ3) is 2.92. The second-order valence-corrected chi connectivity index (χ2v) is 6.43. The molecule has 146 valence electrons. The SMILES string of the molecule is CCN(CC)c1nc2c(c(=O)[nH]1)N(CC)CN2[C@@H]1O[C@H](CO)[C@@H](O)[C@H]1O. The number of nitrogens with zero attached hydrogens (tertiary/aromatic N) is 4. The average Bonchev–Trinajstić information content (AvgIpc) is 3.14. The van der Waals surface area contributed by atoms with Gasteiger partial charge in [0.15, 0.2) is 12.0 Å². The Hall–Kier alpha value is -1.88. The van der Waals surface area contributed by atoms with E-state index >= 15 is 0 Å². The molecule has 0 unspecified atom stereocenters. The first-order valence-electron chi connectivity index (χ1n) is 9.00. The van der Waals surface area contributed by atoms with Crippen LogP contribution in [-0.4, -0.2) is 82.7 Å². The Balaban J connectivity index is 2.03. The van der Waals surface area contributed by atoms with Crippen molar-refractivity contribution in [2.24, 2.45) is 0 Å². The highest BCUT2D eigenvalue weighted by Gasteiger charge is 2.48. The Bertz CT molecular complexity index is 694. The first-order chi connectivity index (χ1) is 12.5. The molecule has 0 spiro atoms. The molecular weight excluding hydrogens is 342 g/mol. The molecule has 10 heteroatoms. The number of aromatic nitrogens is 2. The fraction of sp³-hybridized carbons (Fsp3) is 0.750. The van der Waals surface area contributed by atoms with E-state index in [1.807, 2.05) is 30.6 Å². The summed E-state index contributed by atoms with van der Waals surface area (Å²) >= 11 is 0. The lowest BCUT2D eigenvalue weighted by Crippen LogP contribution is -2.46. The molecule has 2 aliphatic rings. The molecule has 0 saturated carbocycles. The minimum atomic E-state index is -1.21. The molecule has 10 nitrogen and oxygen atoms in total. The van der Waals surface area contributed by atoms with Crippen molar-refractivity contribution in [1.82, 2.24) is 9.97 Å². The Labute approximate surface area is 151 Å². The molecule has 4 atom stereocenters. The molecular formula is C16H27N5O5. The maximum atomic E-state index is 12.7. The molecule has 1 aromatic heterocycles. The topological polar surface area (TPSA) is 125 Å². The summed E-state index contributed by atoms with van der Waals surface area (Å²) in [6.07, 6.45) is -4.18. The number of aliphatic hydroxyl groups excluding tert-OH is 3. The number of fused-ring (bicyclic) bond motifs is 1. The van der Waals surface area contributed by atoms with Crippen molar-refractivity contribution in [3.8, 4) is 0 Å². The van der Waals surface area contributed by atoms with Crippen LogP contribution in [0, 0.1) is 0 Å². The van der Waals surface area contributed by atoms with Crippen molar-refractivity contribution >= 4 is 17.5 Å². The van der Waals surface area contributed by atoms with Crippen LogP contribution in [0.3, 0.4) is 0 Å². The van der Waals surface area contributed by atoms with Crippen LogP contribution in [0.25, 0.3) is 0 Å². The summed E-state index contributed by atoms with van der Waals surface area (Å²) in [5, 5.41) is 29.8. The van der Waals surface area contributed by atoms with Crippen LogP contribution < -0.4 is 20.3 Å².